The molecule has 2 aromatic rings. The lowest BCUT2D eigenvalue weighted by atomic mass is 10.2. The fraction of sp³-hybridized carbons (Fsp3) is 0.333. The van der Waals surface area contributed by atoms with Gasteiger partial charge in [-0.1, -0.05) is 6.07 Å². The van der Waals surface area contributed by atoms with Crippen LogP contribution < -0.4 is 5.73 Å². The van der Waals surface area contributed by atoms with Crippen molar-refractivity contribution >= 4 is 0 Å². The Bertz CT molecular complexity index is 488. The first kappa shape index (κ1) is 10.8. The van der Waals surface area contributed by atoms with Crippen LogP contribution in [0.4, 0.5) is 0 Å². The molecule has 2 heterocycles. The van der Waals surface area contributed by atoms with Gasteiger partial charge in [0.05, 0.1) is 11.4 Å². The maximum atomic E-state index is 5.57. The van der Waals surface area contributed by atoms with Crippen molar-refractivity contribution in [1.82, 2.24) is 14.8 Å². The smallest absolute Gasteiger partial charge is 0.111 e. The van der Waals surface area contributed by atoms with Gasteiger partial charge in [-0.2, -0.15) is 5.10 Å². The van der Waals surface area contributed by atoms with E-state index in [0.717, 1.165) is 29.3 Å². The van der Waals surface area contributed by atoms with Gasteiger partial charge in [0.2, 0.25) is 0 Å². The molecule has 2 N–H and O–H groups in total. The molecule has 16 heavy (non-hydrogen) atoms. The Morgan fingerprint density at radius 3 is 2.75 bits per heavy atom. The summed E-state index contributed by atoms with van der Waals surface area (Å²) >= 11 is 0. The minimum atomic E-state index is 0.460. The second-order valence-corrected chi connectivity index (χ2v) is 3.71. The first-order chi connectivity index (χ1) is 7.74. The van der Waals surface area contributed by atoms with Gasteiger partial charge in [-0.05, 0) is 32.0 Å². The number of hydrogen-bond donors (Lipinski definition) is 1. The van der Waals surface area contributed by atoms with Crippen molar-refractivity contribution in [3.8, 4) is 11.4 Å². The Labute approximate surface area is 95.1 Å². The number of nitrogens with zero attached hydrogens (tertiary/aromatic N) is 3. The SMILES string of the molecule is CCn1nc(-c2cccc(CN)n2)cc1C. The minimum absolute atomic E-state index is 0.460. The van der Waals surface area contributed by atoms with E-state index < -0.39 is 0 Å². The van der Waals surface area contributed by atoms with Crippen molar-refractivity contribution in [3.63, 3.8) is 0 Å². The van der Waals surface area contributed by atoms with Crippen molar-refractivity contribution < 1.29 is 0 Å². The van der Waals surface area contributed by atoms with E-state index in [4.69, 9.17) is 5.73 Å². The molecule has 0 unspecified atom stereocenters. The van der Waals surface area contributed by atoms with Gasteiger partial charge >= 0.3 is 0 Å². The van der Waals surface area contributed by atoms with E-state index in [9.17, 15) is 0 Å². The van der Waals surface area contributed by atoms with Crippen LogP contribution in [0.3, 0.4) is 0 Å². The molecular formula is C12H16N4. The van der Waals surface area contributed by atoms with Gasteiger partial charge in [-0.15, -0.1) is 0 Å². The summed E-state index contributed by atoms with van der Waals surface area (Å²) in [5, 5.41) is 4.49. The Hall–Kier alpha value is -1.68. The summed E-state index contributed by atoms with van der Waals surface area (Å²) in [7, 11) is 0. The topological polar surface area (TPSA) is 56.7 Å². The van der Waals surface area contributed by atoms with Gasteiger partial charge in [0.25, 0.3) is 0 Å². The van der Waals surface area contributed by atoms with E-state index in [1.54, 1.807) is 0 Å². The van der Waals surface area contributed by atoms with Crippen LogP contribution in [0.25, 0.3) is 11.4 Å². The van der Waals surface area contributed by atoms with Crippen molar-refractivity contribution in [2.24, 2.45) is 5.73 Å². The van der Waals surface area contributed by atoms with Crippen LogP contribution in [0.1, 0.15) is 18.3 Å². The molecule has 0 saturated carbocycles. The number of hydrogen-bond acceptors (Lipinski definition) is 3. The second-order valence-electron chi connectivity index (χ2n) is 3.71. The normalized spacial score (nSPS) is 10.7. The van der Waals surface area contributed by atoms with Crippen LogP contribution in [-0.4, -0.2) is 14.8 Å². The average molecular weight is 216 g/mol. The third kappa shape index (κ3) is 1.97. The lowest BCUT2D eigenvalue weighted by Gasteiger charge is -1.99. The molecule has 0 bridgehead atoms. The average Bonchev–Trinajstić information content (AvgIpc) is 2.71. The zero-order valence-electron chi connectivity index (χ0n) is 9.64. The minimum Gasteiger partial charge on any atom is -0.325 e. The van der Waals surface area contributed by atoms with Crippen LogP contribution in [0, 0.1) is 6.92 Å². The summed E-state index contributed by atoms with van der Waals surface area (Å²) in [6, 6.07) is 7.89. The van der Waals surface area contributed by atoms with Crippen LogP contribution in [0.5, 0.6) is 0 Å². The Kier molecular flexibility index (Phi) is 3.01. The maximum absolute atomic E-state index is 5.57. The predicted molar refractivity (Wildman–Crippen MR) is 63.8 cm³/mol. The zero-order chi connectivity index (χ0) is 11.5. The first-order valence-electron chi connectivity index (χ1n) is 5.45. The third-order valence-corrected chi connectivity index (χ3v) is 2.56. The molecule has 0 aliphatic carbocycles. The van der Waals surface area contributed by atoms with Crippen LogP contribution >= 0.6 is 0 Å². The van der Waals surface area contributed by atoms with Gasteiger partial charge in [0.1, 0.15) is 5.69 Å². The molecule has 0 aliphatic rings. The first-order valence-corrected chi connectivity index (χ1v) is 5.45. The molecule has 0 fully saturated rings. The highest BCUT2D eigenvalue weighted by molar-refractivity contribution is 5.54. The van der Waals surface area contributed by atoms with Crippen LogP contribution in [0.2, 0.25) is 0 Å². The zero-order valence-corrected chi connectivity index (χ0v) is 9.64. The van der Waals surface area contributed by atoms with Gasteiger partial charge in [-0.25, -0.2) is 4.98 Å². The molecular weight excluding hydrogens is 200 g/mol. The molecule has 0 amide bonds. The van der Waals surface area contributed by atoms with E-state index in [-0.39, 0.29) is 0 Å². The lowest BCUT2D eigenvalue weighted by molar-refractivity contribution is 0.641. The van der Waals surface area contributed by atoms with Gasteiger partial charge in [-0.3, -0.25) is 4.68 Å². The molecule has 2 aromatic heterocycles. The Morgan fingerprint density at radius 2 is 2.12 bits per heavy atom. The highest BCUT2D eigenvalue weighted by atomic mass is 15.3. The quantitative estimate of drug-likeness (QED) is 0.850. The molecule has 0 saturated heterocycles. The fourth-order valence-corrected chi connectivity index (χ4v) is 1.69. The van der Waals surface area contributed by atoms with Crippen molar-refractivity contribution in [2.75, 3.05) is 0 Å². The summed E-state index contributed by atoms with van der Waals surface area (Å²) in [6.07, 6.45) is 0. The standard InChI is InChI=1S/C12H16N4/c1-3-16-9(2)7-12(15-16)11-6-4-5-10(8-13)14-11/h4-7H,3,8,13H2,1-2H3. The van der Waals surface area contributed by atoms with E-state index in [1.807, 2.05) is 35.9 Å². The van der Waals surface area contributed by atoms with Gasteiger partial charge in [0, 0.05) is 18.8 Å². The van der Waals surface area contributed by atoms with E-state index in [2.05, 4.69) is 17.0 Å². The number of aromatic nitrogens is 3. The molecule has 84 valence electrons. The second kappa shape index (κ2) is 4.45. The molecule has 0 radical (unpaired) electrons. The number of aryl methyl sites for hydroxylation is 2. The highest BCUT2D eigenvalue weighted by Gasteiger charge is 2.06. The fourth-order valence-electron chi connectivity index (χ4n) is 1.69. The highest BCUT2D eigenvalue weighted by Crippen LogP contribution is 2.16. The van der Waals surface area contributed by atoms with E-state index in [1.165, 1.54) is 0 Å². The summed E-state index contributed by atoms with van der Waals surface area (Å²) < 4.78 is 1.96. The summed E-state index contributed by atoms with van der Waals surface area (Å²) in [6.45, 7) is 5.46. The number of rotatable bonds is 3. The Balaban J connectivity index is 2.41. The summed E-state index contributed by atoms with van der Waals surface area (Å²) in [5.74, 6) is 0. The monoisotopic (exact) mass is 216 g/mol. The van der Waals surface area contributed by atoms with E-state index >= 15 is 0 Å². The largest absolute Gasteiger partial charge is 0.325 e. The molecule has 4 heteroatoms. The van der Waals surface area contributed by atoms with Crippen LogP contribution in [-0.2, 0) is 13.1 Å². The third-order valence-electron chi connectivity index (χ3n) is 2.56. The maximum Gasteiger partial charge on any atom is 0.111 e. The number of nitrogens with two attached hydrogens (primary N) is 1. The predicted octanol–water partition coefficient (Wildman–Crippen LogP) is 1.73. The van der Waals surface area contributed by atoms with Crippen molar-refractivity contribution in [3.05, 3.63) is 35.7 Å². The molecule has 2 rings (SSSR count). The molecule has 0 aromatic carbocycles. The molecule has 0 atom stereocenters. The summed E-state index contributed by atoms with van der Waals surface area (Å²) in [5.41, 5.74) is 9.41. The molecule has 0 aliphatic heterocycles. The number of pyridine rings is 1. The Morgan fingerprint density at radius 1 is 1.31 bits per heavy atom. The van der Waals surface area contributed by atoms with Crippen molar-refractivity contribution in [2.45, 2.75) is 26.9 Å². The van der Waals surface area contributed by atoms with Crippen molar-refractivity contribution in [1.29, 1.82) is 0 Å². The lowest BCUT2D eigenvalue weighted by Crippen LogP contribution is -2.01. The summed E-state index contributed by atoms with van der Waals surface area (Å²) in [4.78, 5) is 4.45. The van der Waals surface area contributed by atoms with Gasteiger partial charge in [0.15, 0.2) is 0 Å². The molecule has 0 spiro atoms. The van der Waals surface area contributed by atoms with Gasteiger partial charge < -0.3 is 5.73 Å². The van der Waals surface area contributed by atoms with Crippen LogP contribution in [0.15, 0.2) is 24.3 Å². The van der Waals surface area contributed by atoms with E-state index in [0.29, 0.717) is 6.54 Å². The molecule has 4 nitrogen and oxygen atoms in total.